The molecule has 0 fully saturated rings. The van der Waals surface area contributed by atoms with Crippen molar-refractivity contribution >= 4 is 41.3 Å². The van der Waals surface area contributed by atoms with Crippen molar-refractivity contribution in [2.75, 3.05) is 13.1 Å². The van der Waals surface area contributed by atoms with Crippen LogP contribution in [0.2, 0.25) is 0 Å². The van der Waals surface area contributed by atoms with E-state index in [4.69, 9.17) is 5.73 Å². The van der Waals surface area contributed by atoms with Gasteiger partial charge in [-0.05, 0) is 23.6 Å². The monoisotopic (exact) mass is 416 g/mol. The van der Waals surface area contributed by atoms with Gasteiger partial charge in [-0.25, -0.2) is 0 Å². The highest BCUT2D eigenvalue weighted by atomic mass is 127. The first-order chi connectivity index (χ1) is 9.75. The van der Waals surface area contributed by atoms with Gasteiger partial charge in [-0.3, -0.25) is 9.98 Å². The summed E-state index contributed by atoms with van der Waals surface area (Å²) in [5.41, 5.74) is 6.92. The molecule has 0 aromatic carbocycles. The molecule has 0 aliphatic heterocycles. The Morgan fingerprint density at radius 3 is 2.90 bits per heavy atom. The van der Waals surface area contributed by atoms with Crippen molar-refractivity contribution in [1.82, 2.24) is 10.3 Å². The van der Waals surface area contributed by atoms with Crippen molar-refractivity contribution < 1.29 is 0 Å². The zero-order chi connectivity index (χ0) is 14.2. The predicted molar refractivity (Wildman–Crippen MR) is 101 cm³/mol. The van der Waals surface area contributed by atoms with Crippen LogP contribution in [0.5, 0.6) is 0 Å². The third-order valence-corrected chi connectivity index (χ3v) is 4.08. The number of hydrogen-bond acceptors (Lipinski definition) is 3. The molecule has 1 atom stereocenters. The fourth-order valence-corrected chi connectivity index (χ4v) is 2.60. The quantitative estimate of drug-likeness (QED) is 0.432. The van der Waals surface area contributed by atoms with Crippen molar-refractivity contribution in [1.29, 1.82) is 0 Å². The van der Waals surface area contributed by atoms with E-state index in [0.717, 1.165) is 18.7 Å². The number of nitrogens with one attached hydrogen (secondary N) is 1. The van der Waals surface area contributed by atoms with Crippen LogP contribution in [0.3, 0.4) is 0 Å². The number of aromatic nitrogens is 1. The Morgan fingerprint density at radius 2 is 2.24 bits per heavy atom. The first-order valence-corrected chi connectivity index (χ1v) is 7.61. The highest BCUT2D eigenvalue weighted by Gasteiger charge is 2.05. The Bertz CT molecular complexity index is 528. The molecule has 0 spiro atoms. The number of guanidine groups is 1. The Balaban J connectivity index is 0.00000220. The van der Waals surface area contributed by atoms with Crippen molar-refractivity contribution in [3.05, 3.63) is 52.5 Å². The third kappa shape index (κ3) is 6.43. The van der Waals surface area contributed by atoms with Gasteiger partial charge in [-0.2, -0.15) is 0 Å². The van der Waals surface area contributed by atoms with E-state index in [1.165, 1.54) is 4.88 Å². The van der Waals surface area contributed by atoms with Gasteiger partial charge in [0.2, 0.25) is 0 Å². The molecule has 0 saturated heterocycles. The molecule has 4 nitrogen and oxygen atoms in total. The molecule has 0 radical (unpaired) electrons. The van der Waals surface area contributed by atoms with E-state index in [1.807, 2.05) is 18.2 Å². The molecule has 2 aromatic heterocycles. The highest BCUT2D eigenvalue weighted by molar-refractivity contribution is 14.0. The van der Waals surface area contributed by atoms with E-state index in [1.54, 1.807) is 17.5 Å². The molecule has 0 aliphatic rings. The lowest BCUT2D eigenvalue weighted by molar-refractivity contribution is 0.772. The van der Waals surface area contributed by atoms with Gasteiger partial charge in [0.15, 0.2) is 5.96 Å². The van der Waals surface area contributed by atoms with Gasteiger partial charge in [0.25, 0.3) is 0 Å². The van der Waals surface area contributed by atoms with Crippen LogP contribution in [-0.4, -0.2) is 24.0 Å². The number of nitrogens with zero attached hydrogens (tertiary/aromatic N) is 2. The molecule has 2 aromatic rings. The molecule has 114 valence electrons. The second-order valence-electron chi connectivity index (χ2n) is 4.64. The van der Waals surface area contributed by atoms with Gasteiger partial charge in [0.1, 0.15) is 0 Å². The van der Waals surface area contributed by atoms with Crippen molar-refractivity contribution in [2.45, 2.75) is 19.3 Å². The van der Waals surface area contributed by atoms with E-state index in [2.05, 4.69) is 39.7 Å². The van der Waals surface area contributed by atoms with E-state index >= 15 is 0 Å². The van der Waals surface area contributed by atoms with Crippen LogP contribution in [0.25, 0.3) is 0 Å². The summed E-state index contributed by atoms with van der Waals surface area (Å²) in [5, 5.41) is 5.21. The predicted octanol–water partition coefficient (Wildman–Crippen LogP) is 3.01. The second kappa shape index (κ2) is 9.73. The lowest BCUT2D eigenvalue weighted by atomic mass is 10.1. The Kier molecular flexibility index (Phi) is 8.29. The van der Waals surface area contributed by atoms with Crippen LogP contribution in [-0.2, 0) is 6.42 Å². The number of pyridine rings is 1. The fraction of sp³-hybridized carbons (Fsp3) is 0.333. The van der Waals surface area contributed by atoms with Gasteiger partial charge in [0, 0.05) is 35.7 Å². The number of thiophene rings is 1. The lowest BCUT2D eigenvalue weighted by Gasteiger charge is -2.08. The molecule has 21 heavy (non-hydrogen) atoms. The van der Waals surface area contributed by atoms with E-state index in [9.17, 15) is 0 Å². The molecule has 0 bridgehead atoms. The zero-order valence-corrected chi connectivity index (χ0v) is 15.2. The van der Waals surface area contributed by atoms with Crippen molar-refractivity contribution in [3.8, 4) is 0 Å². The van der Waals surface area contributed by atoms with Gasteiger partial charge in [-0.1, -0.05) is 19.1 Å². The maximum atomic E-state index is 5.86. The number of nitrogens with two attached hydrogens (primary N) is 1. The number of hydrogen-bond donors (Lipinski definition) is 2. The molecule has 1 unspecified atom stereocenters. The van der Waals surface area contributed by atoms with Crippen molar-refractivity contribution in [2.24, 2.45) is 10.7 Å². The molecule has 2 heterocycles. The molecule has 0 amide bonds. The van der Waals surface area contributed by atoms with Crippen LogP contribution in [0, 0.1) is 0 Å². The Labute approximate surface area is 146 Å². The minimum atomic E-state index is 0. The average Bonchev–Trinajstić information content (AvgIpc) is 3.00. The van der Waals surface area contributed by atoms with Gasteiger partial charge < -0.3 is 11.1 Å². The van der Waals surface area contributed by atoms with E-state index in [-0.39, 0.29) is 24.0 Å². The maximum Gasteiger partial charge on any atom is 0.188 e. The molecular formula is C15H21IN4S. The maximum absolute atomic E-state index is 5.86. The Hall–Kier alpha value is -1.15. The van der Waals surface area contributed by atoms with Crippen LogP contribution < -0.4 is 11.1 Å². The normalized spacial score (nSPS) is 12.5. The highest BCUT2D eigenvalue weighted by Crippen LogP contribution is 2.20. The largest absolute Gasteiger partial charge is 0.370 e. The summed E-state index contributed by atoms with van der Waals surface area (Å²) in [5.74, 6) is 0.912. The molecule has 6 heteroatoms. The van der Waals surface area contributed by atoms with Crippen LogP contribution in [0.4, 0.5) is 0 Å². The standard InChI is InChI=1S/C15H20N4S.HI/c1-12(14-6-4-10-20-14)11-19-15(16)18-9-7-13-5-2-3-8-17-13;/h2-6,8,10,12H,7,9,11H2,1H3,(H3,16,18,19);1H. The summed E-state index contributed by atoms with van der Waals surface area (Å²) >= 11 is 1.76. The minimum Gasteiger partial charge on any atom is -0.370 e. The molecule has 0 aliphatic carbocycles. The van der Waals surface area contributed by atoms with E-state index in [0.29, 0.717) is 18.4 Å². The van der Waals surface area contributed by atoms with Gasteiger partial charge in [-0.15, -0.1) is 35.3 Å². The summed E-state index contributed by atoms with van der Waals surface area (Å²) in [7, 11) is 0. The molecule has 3 N–H and O–H groups in total. The SMILES string of the molecule is CC(CN=C(N)NCCc1ccccn1)c1cccs1.I. The summed E-state index contributed by atoms with van der Waals surface area (Å²) in [6, 6.07) is 10.1. The smallest absolute Gasteiger partial charge is 0.188 e. The Morgan fingerprint density at radius 1 is 1.38 bits per heavy atom. The van der Waals surface area contributed by atoms with Crippen LogP contribution in [0.15, 0.2) is 46.9 Å². The number of rotatable bonds is 6. The van der Waals surface area contributed by atoms with Gasteiger partial charge >= 0.3 is 0 Å². The van der Waals surface area contributed by atoms with Crippen LogP contribution >= 0.6 is 35.3 Å². The third-order valence-electron chi connectivity index (χ3n) is 2.98. The van der Waals surface area contributed by atoms with E-state index < -0.39 is 0 Å². The number of halogens is 1. The fourth-order valence-electron chi connectivity index (χ4n) is 1.82. The lowest BCUT2D eigenvalue weighted by Crippen LogP contribution is -2.33. The summed E-state index contributed by atoms with van der Waals surface area (Å²) in [4.78, 5) is 9.99. The minimum absolute atomic E-state index is 0. The summed E-state index contributed by atoms with van der Waals surface area (Å²) < 4.78 is 0. The molecular weight excluding hydrogens is 395 g/mol. The van der Waals surface area contributed by atoms with Gasteiger partial charge in [0.05, 0.1) is 6.54 Å². The molecule has 0 saturated carbocycles. The average molecular weight is 416 g/mol. The van der Waals surface area contributed by atoms with Crippen LogP contribution in [0.1, 0.15) is 23.4 Å². The van der Waals surface area contributed by atoms with Crippen molar-refractivity contribution in [3.63, 3.8) is 0 Å². The second-order valence-corrected chi connectivity index (χ2v) is 5.62. The zero-order valence-electron chi connectivity index (χ0n) is 12.0. The first-order valence-electron chi connectivity index (χ1n) is 6.73. The molecule has 2 rings (SSSR count). The topological polar surface area (TPSA) is 63.3 Å². The first kappa shape index (κ1) is 17.9. The number of aliphatic imine (C=N–C) groups is 1. The summed E-state index contributed by atoms with van der Waals surface area (Å²) in [6.07, 6.45) is 2.65. The summed E-state index contributed by atoms with van der Waals surface area (Å²) in [6.45, 7) is 3.62.